The second-order valence-corrected chi connectivity index (χ2v) is 5.69. The maximum Gasteiger partial charge on any atom is 0.315 e. The smallest absolute Gasteiger partial charge is 0.315 e. The maximum atomic E-state index is 12.0. The molecule has 0 spiro atoms. The number of halogens is 2. The van der Waals surface area contributed by atoms with E-state index >= 15 is 0 Å². The summed E-state index contributed by atoms with van der Waals surface area (Å²) in [6, 6.07) is 11.4. The maximum absolute atomic E-state index is 12.0. The molecule has 0 fully saturated rings. The molecule has 0 radical (unpaired) electrons. The fourth-order valence-electron chi connectivity index (χ4n) is 2.09. The predicted octanol–water partition coefficient (Wildman–Crippen LogP) is 4.25. The molecule has 2 aromatic carbocycles. The van der Waals surface area contributed by atoms with Gasteiger partial charge in [-0.3, -0.25) is 9.59 Å². The fourth-order valence-corrected chi connectivity index (χ4v) is 2.36. The fraction of sp³-hybridized carbons (Fsp3) is 0.0588. The second-order valence-electron chi connectivity index (χ2n) is 4.85. The Bertz CT molecular complexity index is 929. The third-order valence-corrected chi connectivity index (χ3v) is 3.71. The van der Waals surface area contributed by atoms with Crippen molar-refractivity contribution >= 4 is 40.1 Å². The van der Waals surface area contributed by atoms with E-state index in [1.165, 1.54) is 18.2 Å². The number of ether oxygens (including phenoxy) is 1. The van der Waals surface area contributed by atoms with Gasteiger partial charge >= 0.3 is 5.97 Å². The van der Waals surface area contributed by atoms with Crippen molar-refractivity contribution in [3.63, 3.8) is 0 Å². The highest BCUT2D eigenvalue weighted by Gasteiger charge is 2.10. The first-order chi connectivity index (χ1) is 11.0. The minimum Gasteiger partial charge on any atom is -0.462 e. The van der Waals surface area contributed by atoms with Gasteiger partial charge in [0, 0.05) is 11.1 Å². The number of esters is 1. The molecule has 0 aliphatic carbocycles. The van der Waals surface area contributed by atoms with Crippen molar-refractivity contribution in [2.45, 2.75) is 6.42 Å². The van der Waals surface area contributed by atoms with Crippen LogP contribution < -0.4 is 10.2 Å². The molecule has 23 heavy (non-hydrogen) atoms. The normalized spacial score (nSPS) is 10.7. The van der Waals surface area contributed by atoms with Gasteiger partial charge in [-0.2, -0.15) is 0 Å². The first kappa shape index (κ1) is 15.6. The average Bonchev–Trinajstić information content (AvgIpc) is 2.53. The molecular weight excluding hydrogens is 339 g/mol. The first-order valence-corrected chi connectivity index (χ1v) is 7.45. The van der Waals surface area contributed by atoms with Crippen molar-refractivity contribution in [3.8, 4) is 5.75 Å². The SMILES string of the molecule is O=C(Cc1ccc(Cl)cc1)Oc1ccc2c(=O)c(Cl)coc2c1. The van der Waals surface area contributed by atoms with Crippen LogP contribution in [0.2, 0.25) is 10.0 Å². The first-order valence-electron chi connectivity index (χ1n) is 6.69. The highest BCUT2D eigenvalue weighted by atomic mass is 35.5. The summed E-state index contributed by atoms with van der Waals surface area (Å²) in [4.78, 5) is 23.8. The van der Waals surface area contributed by atoms with Crippen LogP contribution in [0.5, 0.6) is 5.75 Å². The quantitative estimate of drug-likeness (QED) is 0.524. The number of carbonyl (C=O) groups excluding carboxylic acids is 1. The summed E-state index contributed by atoms with van der Waals surface area (Å²) in [6.07, 6.45) is 1.27. The molecule has 0 aliphatic heterocycles. The zero-order valence-electron chi connectivity index (χ0n) is 11.7. The molecule has 1 heterocycles. The van der Waals surface area contributed by atoms with Crippen LogP contribution >= 0.6 is 23.2 Å². The third-order valence-electron chi connectivity index (χ3n) is 3.20. The summed E-state index contributed by atoms with van der Waals surface area (Å²) < 4.78 is 10.5. The molecule has 0 aliphatic rings. The van der Waals surface area contributed by atoms with Crippen LogP contribution in [0.15, 0.2) is 57.9 Å². The van der Waals surface area contributed by atoms with E-state index in [2.05, 4.69) is 0 Å². The number of rotatable bonds is 3. The largest absolute Gasteiger partial charge is 0.462 e. The molecular formula is C17H10Cl2O4. The van der Waals surface area contributed by atoms with Gasteiger partial charge in [0.2, 0.25) is 5.43 Å². The Labute approximate surface area is 141 Å². The third kappa shape index (κ3) is 3.55. The monoisotopic (exact) mass is 348 g/mol. The Morgan fingerprint density at radius 3 is 2.57 bits per heavy atom. The summed E-state index contributed by atoms with van der Waals surface area (Å²) in [7, 11) is 0. The second kappa shape index (κ2) is 6.44. The molecule has 3 rings (SSSR count). The molecule has 1 aromatic heterocycles. The van der Waals surface area contributed by atoms with Crippen LogP contribution in [0.1, 0.15) is 5.56 Å². The lowest BCUT2D eigenvalue weighted by Crippen LogP contribution is -2.11. The average molecular weight is 349 g/mol. The van der Waals surface area contributed by atoms with Crippen LogP contribution in [-0.4, -0.2) is 5.97 Å². The van der Waals surface area contributed by atoms with E-state index in [1.807, 2.05) is 0 Å². The van der Waals surface area contributed by atoms with Crippen LogP contribution in [0.3, 0.4) is 0 Å². The lowest BCUT2D eigenvalue weighted by molar-refractivity contribution is -0.133. The molecule has 0 amide bonds. The van der Waals surface area contributed by atoms with E-state index in [0.29, 0.717) is 21.7 Å². The van der Waals surface area contributed by atoms with Crippen LogP contribution in [0, 0.1) is 0 Å². The molecule has 116 valence electrons. The van der Waals surface area contributed by atoms with E-state index in [-0.39, 0.29) is 16.9 Å². The molecule has 0 saturated carbocycles. The predicted molar refractivity (Wildman–Crippen MR) is 88.3 cm³/mol. The summed E-state index contributed by atoms with van der Waals surface area (Å²) in [5.74, 6) is -0.134. The van der Waals surface area contributed by atoms with E-state index in [1.54, 1.807) is 24.3 Å². The van der Waals surface area contributed by atoms with Gasteiger partial charge in [-0.15, -0.1) is 0 Å². The van der Waals surface area contributed by atoms with E-state index in [0.717, 1.165) is 11.8 Å². The molecule has 6 heteroatoms. The van der Waals surface area contributed by atoms with Gasteiger partial charge in [0.15, 0.2) is 0 Å². The molecule has 0 saturated heterocycles. The highest BCUT2D eigenvalue weighted by molar-refractivity contribution is 6.31. The lowest BCUT2D eigenvalue weighted by Gasteiger charge is -2.05. The van der Waals surface area contributed by atoms with Crippen molar-refractivity contribution in [3.05, 3.63) is 74.6 Å². The van der Waals surface area contributed by atoms with Crippen LogP contribution in [0.4, 0.5) is 0 Å². The summed E-state index contributed by atoms with van der Waals surface area (Å²) in [6.45, 7) is 0. The zero-order chi connectivity index (χ0) is 16.4. The van der Waals surface area contributed by atoms with Crippen molar-refractivity contribution in [1.29, 1.82) is 0 Å². The van der Waals surface area contributed by atoms with Crippen LogP contribution in [0.25, 0.3) is 11.0 Å². The Hall–Kier alpha value is -2.30. The minimum absolute atomic E-state index is 0.00461. The van der Waals surface area contributed by atoms with Gasteiger partial charge in [-0.05, 0) is 29.8 Å². The summed E-state index contributed by atoms with van der Waals surface area (Å²) in [5, 5.41) is 0.935. The number of benzene rings is 2. The van der Waals surface area contributed by atoms with Crippen molar-refractivity contribution in [1.82, 2.24) is 0 Å². The molecule has 0 bridgehead atoms. The Balaban J connectivity index is 1.78. The van der Waals surface area contributed by atoms with Gasteiger partial charge in [0.25, 0.3) is 0 Å². The van der Waals surface area contributed by atoms with Gasteiger partial charge in [-0.1, -0.05) is 35.3 Å². The standard InChI is InChI=1S/C17H10Cl2O4/c18-11-3-1-10(2-4-11)7-16(20)23-12-5-6-13-15(8-12)22-9-14(19)17(13)21/h1-6,8-9H,7H2. The topological polar surface area (TPSA) is 56.5 Å². The summed E-state index contributed by atoms with van der Waals surface area (Å²) >= 11 is 11.5. The van der Waals surface area contributed by atoms with Gasteiger partial charge in [0.1, 0.15) is 22.6 Å². The Morgan fingerprint density at radius 1 is 1.09 bits per heavy atom. The molecule has 3 aromatic rings. The zero-order valence-corrected chi connectivity index (χ0v) is 13.2. The molecule has 0 unspecified atom stereocenters. The molecule has 0 atom stereocenters. The van der Waals surface area contributed by atoms with E-state index in [9.17, 15) is 9.59 Å². The number of fused-ring (bicyclic) bond motifs is 1. The Kier molecular flexibility index (Phi) is 4.37. The van der Waals surface area contributed by atoms with Crippen molar-refractivity contribution < 1.29 is 13.9 Å². The van der Waals surface area contributed by atoms with Crippen molar-refractivity contribution in [2.24, 2.45) is 0 Å². The Morgan fingerprint density at radius 2 is 1.83 bits per heavy atom. The highest BCUT2D eigenvalue weighted by Crippen LogP contribution is 2.21. The molecule has 4 nitrogen and oxygen atoms in total. The summed E-state index contributed by atoms with van der Waals surface area (Å²) in [5.41, 5.74) is 0.765. The van der Waals surface area contributed by atoms with Crippen LogP contribution in [-0.2, 0) is 11.2 Å². The van der Waals surface area contributed by atoms with Crippen molar-refractivity contribution in [2.75, 3.05) is 0 Å². The van der Waals surface area contributed by atoms with E-state index in [4.69, 9.17) is 32.4 Å². The molecule has 0 N–H and O–H groups in total. The number of carbonyl (C=O) groups is 1. The number of hydrogen-bond acceptors (Lipinski definition) is 4. The van der Waals surface area contributed by atoms with Gasteiger partial charge in [-0.25, -0.2) is 0 Å². The number of hydrogen-bond donors (Lipinski definition) is 0. The van der Waals surface area contributed by atoms with Gasteiger partial charge in [0.05, 0.1) is 11.8 Å². The minimum atomic E-state index is -0.428. The lowest BCUT2D eigenvalue weighted by atomic mass is 10.1. The van der Waals surface area contributed by atoms with Gasteiger partial charge < -0.3 is 9.15 Å². The van der Waals surface area contributed by atoms with E-state index < -0.39 is 5.97 Å².